The fourth-order valence-electron chi connectivity index (χ4n) is 2.47. The van der Waals surface area contributed by atoms with E-state index in [0.717, 1.165) is 31.7 Å². The van der Waals surface area contributed by atoms with Crippen molar-refractivity contribution >= 4 is 0 Å². The molecule has 3 nitrogen and oxygen atoms in total. The highest BCUT2D eigenvalue weighted by molar-refractivity contribution is 4.82. The molecule has 96 valence electrons. The molecule has 0 aromatic carbocycles. The topological polar surface area (TPSA) is 49.5 Å². The van der Waals surface area contributed by atoms with Gasteiger partial charge in [0.15, 0.2) is 0 Å². The van der Waals surface area contributed by atoms with Gasteiger partial charge in [0, 0.05) is 12.1 Å². The van der Waals surface area contributed by atoms with Crippen LogP contribution in [0.4, 0.5) is 0 Å². The fraction of sp³-hybridized carbons (Fsp3) is 1.00. The minimum absolute atomic E-state index is 0.112. The smallest absolute Gasteiger partial charge is 0.0611 e. The summed E-state index contributed by atoms with van der Waals surface area (Å²) in [4.78, 5) is 2.54. The second-order valence-corrected chi connectivity index (χ2v) is 5.34. The van der Waals surface area contributed by atoms with E-state index in [1.807, 2.05) is 0 Å². The largest absolute Gasteiger partial charge is 0.394 e. The normalized spacial score (nSPS) is 25.9. The number of nitrogens with two attached hydrogens (primary N) is 1. The van der Waals surface area contributed by atoms with E-state index in [9.17, 15) is 5.11 Å². The van der Waals surface area contributed by atoms with Gasteiger partial charge in [-0.2, -0.15) is 0 Å². The Labute approximate surface area is 100 Å². The van der Waals surface area contributed by atoms with Gasteiger partial charge in [-0.15, -0.1) is 0 Å². The van der Waals surface area contributed by atoms with Crippen molar-refractivity contribution in [2.75, 3.05) is 26.2 Å². The molecule has 0 aromatic heterocycles. The lowest BCUT2D eigenvalue weighted by Crippen LogP contribution is -2.43. The van der Waals surface area contributed by atoms with Crippen molar-refractivity contribution < 1.29 is 5.11 Å². The van der Waals surface area contributed by atoms with Gasteiger partial charge in [0.05, 0.1) is 6.61 Å². The molecule has 2 atom stereocenters. The van der Waals surface area contributed by atoms with Gasteiger partial charge < -0.3 is 15.7 Å². The van der Waals surface area contributed by atoms with Gasteiger partial charge in [-0.1, -0.05) is 20.3 Å². The molecule has 0 aromatic rings. The molecule has 3 heteroatoms. The molecule has 1 aliphatic rings. The van der Waals surface area contributed by atoms with Crippen LogP contribution in [-0.4, -0.2) is 41.8 Å². The van der Waals surface area contributed by atoms with Crippen LogP contribution in [-0.2, 0) is 0 Å². The molecule has 0 radical (unpaired) electrons. The SMILES string of the molecule is CCC1CCN(CCCC(N)(CC)CO)C1. The van der Waals surface area contributed by atoms with Crippen LogP contribution in [0.2, 0.25) is 0 Å². The number of aliphatic hydroxyl groups excluding tert-OH is 1. The van der Waals surface area contributed by atoms with E-state index >= 15 is 0 Å². The molecule has 0 saturated carbocycles. The molecule has 1 saturated heterocycles. The van der Waals surface area contributed by atoms with Crippen LogP contribution < -0.4 is 5.73 Å². The Morgan fingerprint density at radius 3 is 2.69 bits per heavy atom. The quantitative estimate of drug-likeness (QED) is 0.696. The fourth-order valence-corrected chi connectivity index (χ4v) is 2.47. The predicted octanol–water partition coefficient (Wildman–Crippen LogP) is 1.60. The Bertz CT molecular complexity index is 192. The molecule has 1 fully saturated rings. The van der Waals surface area contributed by atoms with Gasteiger partial charge in [-0.25, -0.2) is 0 Å². The summed E-state index contributed by atoms with van der Waals surface area (Å²) in [6.07, 6.45) is 5.58. The van der Waals surface area contributed by atoms with Crippen molar-refractivity contribution in [3.8, 4) is 0 Å². The van der Waals surface area contributed by atoms with Gasteiger partial charge in [0.1, 0.15) is 0 Å². The average Bonchev–Trinajstić information content (AvgIpc) is 2.77. The van der Waals surface area contributed by atoms with E-state index in [-0.39, 0.29) is 12.1 Å². The number of hydrogen-bond acceptors (Lipinski definition) is 3. The summed E-state index contributed by atoms with van der Waals surface area (Å²) in [5.74, 6) is 0.909. The summed E-state index contributed by atoms with van der Waals surface area (Å²) in [5.41, 5.74) is 5.72. The van der Waals surface area contributed by atoms with Gasteiger partial charge in [0.25, 0.3) is 0 Å². The summed E-state index contributed by atoms with van der Waals surface area (Å²) in [5, 5.41) is 9.22. The minimum atomic E-state index is -0.343. The maximum absolute atomic E-state index is 9.22. The Hall–Kier alpha value is -0.120. The Morgan fingerprint density at radius 1 is 1.44 bits per heavy atom. The molecule has 1 heterocycles. The molecule has 2 unspecified atom stereocenters. The van der Waals surface area contributed by atoms with Crippen LogP contribution in [0.5, 0.6) is 0 Å². The molecule has 0 spiro atoms. The lowest BCUT2D eigenvalue weighted by atomic mass is 9.92. The van der Waals surface area contributed by atoms with Crippen molar-refractivity contribution in [2.45, 2.75) is 51.5 Å². The van der Waals surface area contributed by atoms with E-state index < -0.39 is 0 Å². The van der Waals surface area contributed by atoms with Crippen molar-refractivity contribution in [1.82, 2.24) is 4.90 Å². The van der Waals surface area contributed by atoms with Crippen LogP contribution in [0.1, 0.15) is 46.0 Å². The summed E-state index contributed by atoms with van der Waals surface area (Å²) in [6, 6.07) is 0. The summed E-state index contributed by atoms with van der Waals surface area (Å²) in [6.45, 7) is 8.11. The third-order valence-corrected chi connectivity index (χ3v) is 4.12. The lowest BCUT2D eigenvalue weighted by Gasteiger charge is -2.26. The zero-order chi connectivity index (χ0) is 12.0. The molecule has 0 bridgehead atoms. The Kier molecular flexibility index (Phi) is 5.73. The lowest BCUT2D eigenvalue weighted by molar-refractivity contribution is 0.174. The van der Waals surface area contributed by atoms with E-state index in [4.69, 9.17) is 5.73 Å². The van der Waals surface area contributed by atoms with Crippen LogP contribution >= 0.6 is 0 Å². The van der Waals surface area contributed by atoms with Crippen molar-refractivity contribution in [1.29, 1.82) is 0 Å². The maximum Gasteiger partial charge on any atom is 0.0611 e. The minimum Gasteiger partial charge on any atom is -0.394 e. The number of hydrogen-bond donors (Lipinski definition) is 2. The third-order valence-electron chi connectivity index (χ3n) is 4.12. The highest BCUT2D eigenvalue weighted by Gasteiger charge is 2.23. The number of nitrogens with zero attached hydrogens (tertiary/aromatic N) is 1. The van der Waals surface area contributed by atoms with Gasteiger partial charge in [0.2, 0.25) is 0 Å². The second kappa shape index (κ2) is 6.58. The standard InChI is InChI=1S/C13H28N2O/c1-3-12-6-9-15(10-12)8-5-7-13(14,4-2)11-16/h12,16H,3-11,14H2,1-2H3. The van der Waals surface area contributed by atoms with E-state index in [0.29, 0.717) is 0 Å². The average molecular weight is 228 g/mol. The van der Waals surface area contributed by atoms with E-state index in [1.165, 1.54) is 25.9 Å². The molecule has 1 rings (SSSR count). The summed E-state index contributed by atoms with van der Waals surface area (Å²) in [7, 11) is 0. The third kappa shape index (κ3) is 4.04. The van der Waals surface area contributed by atoms with Gasteiger partial charge >= 0.3 is 0 Å². The van der Waals surface area contributed by atoms with Crippen LogP contribution in [0.15, 0.2) is 0 Å². The van der Waals surface area contributed by atoms with Gasteiger partial charge in [-0.05, 0) is 44.7 Å². The Balaban J connectivity index is 2.16. The Morgan fingerprint density at radius 2 is 2.19 bits per heavy atom. The summed E-state index contributed by atoms with van der Waals surface area (Å²) >= 11 is 0. The highest BCUT2D eigenvalue weighted by atomic mass is 16.3. The molecular weight excluding hydrogens is 200 g/mol. The molecular formula is C13H28N2O. The van der Waals surface area contributed by atoms with Crippen LogP contribution in [0, 0.1) is 5.92 Å². The number of aliphatic hydroxyl groups is 1. The van der Waals surface area contributed by atoms with E-state index in [1.54, 1.807) is 0 Å². The molecule has 16 heavy (non-hydrogen) atoms. The van der Waals surface area contributed by atoms with Gasteiger partial charge in [-0.3, -0.25) is 0 Å². The van der Waals surface area contributed by atoms with Crippen LogP contribution in [0.25, 0.3) is 0 Å². The van der Waals surface area contributed by atoms with Crippen molar-refractivity contribution in [2.24, 2.45) is 11.7 Å². The first-order valence-electron chi connectivity index (χ1n) is 6.75. The number of likely N-dealkylation sites (tertiary alicyclic amines) is 1. The second-order valence-electron chi connectivity index (χ2n) is 5.34. The molecule has 3 N–H and O–H groups in total. The highest BCUT2D eigenvalue weighted by Crippen LogP contribution is 2.20. The number of rotatable bonds is 7. The zero-order valence-corrected chi connectivity index (χ0v) is 10.9. The first kappa shape index (κ1) is 13.9. The van der Waals surface area contributed by atoms with Crippen molar-refractivity contribution in [3.05, 3.63) is 0 Å². The molecule has 0 aliphatic carbocycles. The summed E-state index contributed by atoms with van der Waals surface area (Å²) < 4.78 is 0. The van der Waals surface area contributed by atoms with Crippen LogP contribution in [0.3, 0.4) is 0 Å². The molecule has 0 amide bonds. The van der Waals surface area contributed by atoms with Crippen molar-refractivity contribution in [3.63, 3.8) is 0 Å². The molecule has 1 aliphatic heterocycles. The first-order chi connectivity index (χ1) is 7.63. The van der Waals surface area contributed by atoms with E-state index in [2.05, 4.69) is 18.7 Å². The predicted molar refractivity (Wildman–Crippen MR) is 68.4 cm³/mol. The zero-order valence-electron chi connectivity index (χ0n) is 10.9. The first-order valence-corrected chi connectivity index (χ1v) is 6.75. The maximum atomic E-state index is 9.22. The monoisotopic (exact) mass is 228 g/mol.